The van der Waals surface area contributed by atoms with Crippen molar-refractivity contribution >= 4 is 50.6 Å². The van der Waals surface area contributed by atoms with Crippen LogP contribution >= 0.6 is 27.3 Å². The van der Waals surface area contributed by atoms with Crippen molar-refractivity contribution in [1.29, 1.82) is 0 Å². The Balaban J connectivity index is 1.74. The van der Waals surface area contributed by atoms with Gasteiger partial charge in [0.25, 0.3) is 5.91 Å². The van der Waals surface area contributed by atoms with Crippen LogP contribution in [-0.2, 0) is 0 Å². The molecule has 1 heterocycles. The van der Waals surface area contributed by atoms with E-state index < -0.39 is 6.03 Å². The lowest BCUT2D eigenvalue weighted by Crippen LogP contribution is -2.19. The number of anilines is 2. The maximum Gasteiger partial charge on any atom is 0.316 e. The molecule has 1 aromatic heterocycles. The molecule has 0 radical (unpaired) electrons. The molecule has 4 N–H and O–H groups in total. The van der Waals surface area contributed by atoms with E-state index in [0.717, 1.165) is 14.9 Å². The Bertz CT molecular complexity index is 922. The van der Waals surface area contributed by atoms with Crippen LogP contribution in [0.5, 0.6) is 0 Å². The number of amides is 3. The quantitative estimate of drug-likeness (QED) is 0.564. The number of primary amides is 1. The second kappa shape index (κ2) is 7.50. The lowest BCUT2D eigenvalue weighted by molar-refractivity contribution is 0.103. The van der Waals surface area contributed by atoms with Crippen molar-refractivity contribution in [3.63, 3.8) is 0 Å². The maximum absolute atomic E-state index is 12.4. The highest BCUT2D eigenvalue weighted by atomic mass is 79.9. The summed E-state index contributed by atoms with van der Waals surface area (Å²) in [4.78, 5) is 24.9. The van der Waals surface area contributed by atoms with Gasteiger partial charge >= 0.3 is 6.03 Å². The zero-order chi connectivity index (χ0) is 17.8. The number of thiophene rings is 1. The molecule has 5 nitrogen and oxygen atoms in total. The molecular weight excluding hydrogens is 402 g/mol. The van der Waals surface area contributed by atoms with Gasteiger partial charge in [0.15, 0.2) is 0 Å². The summed E-state index contributed by atoms with van der Waals surface area (Å²) in [6.07, 6.45) is 0. The second-order valence-electron chi connectivity index (χ2n) is 5.19. The molecule has 126 valence electrons. The summed E-state index contributed by atoms with van der Waals surface area (Å²) < 4.78 is 1.01. The van der Waals surface area contributed by atoms with Crippen LogP contribution in [0.4, 0.5) is 16.2 Å². The predicted octanol–water partition coefficient (Wildman–Crippen LogP) is 4.92. The second-order valence-corrected chi connectivity index (χ2v) is 7.19. The van der Waals surface area contributed by atoms with E-state index in [9.17, 15) is 9.59 Å². The van der Waals surface area contributed by atoms with E-state index in [1.54, 1.807) is 30.3 Å². The van der Waals surface area contributed by atoms with Crippen molar-refractivity contribution in [1.82, 2.24) is 0 Å². The molecule has 0 aliphatic rings. The first-order chi connectivity index (χ1) is 12.0. The molecule has 0 atom stereocenters. The molecule has 2 aromatic carbocycles. The molecule has 3 rings (SSSR count). The summed E-state index contributed by atoms with van der Waals surface area (Å²) in [6, 6.07) is 17.8. The molecule has 0 bridgehead atoms. The van der Waals surface area contributed by atoms with Crippen molar-refractivity contribution in [2.45, 2.75) is 0 Å². The number of nitrogens with two attached hydrogens (primary N) is 1. The van der Waals surface area contributed by atoms with E-state index in [0.29, 0.717) is 16.3 Å². The van der Waals surface area contributed by atoms with Crippen LogP contribution in [0.15, 0.2) is 65.1 Å². The SMILES string of the molecule is NC(=O)Nc1cccc(NC(=O)c2ccc(-c3ccc(Br)cc3)s2)c1. The van der Waals surface area contributed by atoms with Gasteiger partial charge in [-0.25, -0.2) is 4.79 Å². The third kappa shape index (κ3) is 4.46. The molecule has 0 fully saturated rings. The largest absolute Gasteiger partial charge is 0.351 e. The lowest BCUT2D eigenvalue weighted by atomic mass is 10.2. The number of rotatable bonds is 4. The van der Waals surface area contributed by atoms with E-state index >= 15 is 0 Å². The Kier molecular flexibility index (Phi) is 5.16. The van der Waals surface area contributed by atoms with Gasteiger partial charge in [0.1, 0.15) is 0 Å². The van der Waals surface area contributed by atoms with Crippen molar-refractivity contribution in [2.75, 3.05) is 10.6 Å². The van der Waals surface area contributed by atoms with Gasteiger partial charge in [0.2, 0.25) is 0 Å². The summed E-state index contributed by atoms with van der Waals surface area (Å²) >= 11 is 4.83. The fourth-order valence-electron chi connectivity index (χ4n) is 2.24. The molecule has 0 aliphatic heterocycles. The fourth-order valence-corrected chi connectivity index (χ4v) is 3.41. The molecule has 25 heavy (non-hydrogen) atoms. The van der Waals surface area contributed by atoms with Gasteiger partial charge in [-0.2, -0.15) is 0 Å². The number of benzene rings is 2. The van der Waals surface area contributed by atoms with E-state index in [1.807, 2.05) is 30.3 Å². The van der Waals surface area contributed by atoms with Crippen molar-refractivity contribution in [2.24, 2.45) is 5.73 Å². The Morgan fingerprint density at radius 1 is 0.920 bits per heavy atom. The smallest absolute Gasteiger partial charge is 0.316 e. The van der Waals surface area contributed by atoms with Crippen LogP contribution < -0.4 is 16.4 Å². The highest BCUT2D eigenvalue weighted by Gasteiger charge is 2.11. The molecule has 0 aliphatic carbocycles. The number of carbonyl (C=O) groups is 2. The van der Waals surface area contributed by atoms with Gasteiger partial charge in [-0.05, 0) is 48.0 Å². The molecule has 3 amide bonds. The maximum atomic E-state index is 12.4. The zero-order valence-corrected chi connectivity index (χ0v) is 15.4. The summed E-state index contributed by atoms with van der Waals surface area (Å²) in [5.41, 5.74) is 7.25. The first-order valence-corrected chi connectivity index (χ1v) is 8.96. The minimum absolute atomic E-state index is 0.204. The number of urea groups is 1. The molecule has 0 saturated carbocycles. The Hall–Kier alpha value is -2.64. The fraction of sp³-hybridized carbons (Fsp3) is 0. The lowest BCUT2D eigenvalue weighted by Gasteiger charge is -2.06. The van der Waals surface area contributed by atoms with Gasteiger partial charge in [-0.3, -0.25) is 4.79 Å². The average molecular weight is 416 g/mol. The summed E-state index contributed by atoms with van der Waals surface area (Å²) in [7, 11) is 0. The van der Waals surface area contributed by atoms with Gasteiger partial charge in [0, 0.05) is 20.7 Å². The van der Waals surface area contributed by atoms with Gasteiger partial charge in [0.05, 0.1) is 4.88 Å². The number of carbonyl (C=O) groups excluding carboxylic acids is 2. The van der Waals surface area contributed by atoms with Crippen LogP contribution in [0.25, 0.3) is 10.4 Å². The van der Waals surface area contributed by atoms with E-state index in [-0.39, 0.29) is 5.91 Å². The standard InChI is InChI=1S/C18H14BrN3O2S/c19-12-6-4-11(5-7-12)15-8-9-16(25-15)17(23)21-13-2-1-3-14(10-13)22-18(20)24/h1-10H,(H,21,23)(H3,20,22,24). The van der Waals surface area contributed by atoms with Crippen LogP contribution in [-0.4, -0.2) is 11.9 Å². The summed E-state index contributed by atoms with van der Waals surface area (Å²) in [6.45, 7) is 0. The van der Waals surface area contributed by atoms with Gasteiger partial charge in [-0.1, -0.05) is 34.1 Å². The number of nitrogens with one attached hydrogen (secondary N) is 2. The highest BCUT2D eigenvalue weighted by Crippen LogP contribution is 2.29. The normalized spacial score (nSPS) is 10.3. The van der Waals surface area contributed by atoms with E-state index in [2.05, 4.69) is 26.6 Å². The van der Waals surface area contributed by atoms with Crippen molar-refractivity contribution in [3.8, 4) is 10.4 Å². The van der Waals surface area contributed by atoms with Crippen LogP contribution in [0, 0.1) is 0 Å². The average Bonchev–Trinajstić information content (AvgIpc) is 3.05. The van der Waals surface area contributed by atoms with Crippen LogP contribution in [0.2, 0.25) is 0 Å². The Labute approximate surface area is 157 Å². The van der Waals surface area contributed by atoms with Crippen molar-refractivity contribution < 1.29 is 9.59 Å². The molecule has 0 saturated heterocycles. The number of hydrogen-bond donors (Lipinski definition) is 3. The first-order valence-electron chi connectivity index (χ1n) is 7.35. The Morgan fingerprint density at radius 3 is 2.28 bits per heavy atom. The monoisotopic (exact) mass is 415 g/mol. The summed E-state index contributed by atoms with van der Waals surface area (Å²) in [5.74, 6) is -0.204. The topological polar surface area (TPSA) is 84.2 Å². The molecule has 7 heteroatoms. The number of hydrogen-bond acceptors (Lipinski definition) is 3. The Morgan fingerprint density at radius 2 is 1.60 bits per heavy atom. The molecule has 3 aromatic rings. The van der Waals surface area contributed by atoms with Gasteiger partial charge < -0.3 is 16.4 Å². The molecular formula is C18H14BrN3O2S. The van der Waals surface area contributed by atoms with E-state index in [1.165, 1.54) is 11.3 Å². The van der Waals surface area contributed by atoms with Crippen LogP contribution in [0.3, 0.4) is 0 Å². The highest BCUT2D eigenvalue weighted by molar-refractivity contribution is 9.10. The van der Waals surface area contributed by atoms with Crippen molar-refractivity contribution in [3.05, 3.63) is 70.0 Å². The zero-order valence-electron chi connectivity index (χ0n) is 13.0. The third-order valence-electron chi connectivity index (χ3n) is 3.35. The minimum atomic E-state index is -0.652. The first kappa shape index (κ1) is 17.2. The minimum Gasteiger partial charge on any atom is -0.351 e. The van der Waals surface area contributed by atoms with Gasteiger partial charge in [-0.15, -0.1) is 11.3 Å². The predicted molar refractivity (Wildman–Crippen MR) is 105 cm³/mol. The van der Waals surface area contributed by atoms with Crippen LogP contribution in [0.1, 0.15) is 9.67 Å². The third-order valence-corrected chi connectivity index (χ3v) is 5.01. The number of halogens is 1. The summed E-state index contributed by atoms with van der Waals surface area (Å²) in [5, 5.41) is 5.29. The van der Waals surface area contributed by atoms with E-state index in [4.69, 9.17) is 5.73 Å². The molecule has 0 unspecified atom stereocenters. The molecule has 0 spiro atoms.